The van der Waals surface area contributed by atoms with Crippen molar-refractivity contribution in [1.82, 2.24) is 9.97 Å². The largest absolute Gasteiger partial charge is 0.488 e. The molecule has 0 spiro atoms. The van der Waals surface area contributed by atoms with Crippen LogP contribution in [0.1, 0.15) is 90.5 Å². The second-order valence-electron chi connectivity index (χ2n) is 15.6. The molecular formula is C40H44F16N2O2Si. The van der Waals surface area contributed by atoms with Gasteiger partial charge in [-0.1, -0.05) is 103 Å². The van der Waals surface area contributed by atoms with Crippen molar-refractivity contribution in [3.63, 3.8) is 0 Å². The first-order valence-electron chi connectivity index (χ1n) is 19.5. The topological polar surface area (TPSA) is 44.2 Å². The van der Waals surface area contributed by atoms with E-state index in [1.54, 1.807) is 0 Å². The number of nitrogens with zero attached hydrogens (tertiary/aromatic N) is 2. The number of rotatable bonds is 22. The molecule has 4 nitrogen and oxygen atoms in total. The summed E-state index contributed by atoms with van der Waals surface area (Å²) in [5.41, 5.74) is -2.51. The van der Waals surface area contributed by atoms with Gasteiger partial charge < -0.3 is 9.47 Å². The van der Waals surface area contributed by atoms with Crippen molar-refractivity contribution in [1.29, 1.82) is 0 Å². The van der Waals surface area contributed by atoms with Gasteiger partial charge in [0.15, 0.2) is 12.4 Å². The van der Waals surface area contributed by atoms with Crippen LogP contribution < -0.4 is 9.47 Å². The average molecular weight is 917 g/mol. The van der Waals surface area contributed by atoms with Gasteiger partial charge in [-0.15, -0.1) is 0 Å². The third-order valence-corrected chi connectivity index (χ3v) is 13.0. The zero-order valence-corrected chi connectivity index (χ0v) is 34.5. The summed E-state index contributed by atoms with van der Waals surface area (Å²) in [4.78, 5) is 8.01. The summed E-state index contributed by atoms with van der Waals surface area (Å²) in [6.07, 6.45) is 5.60. The van der Waals surface area contributed by atoms with E-state index in [0.29, 0.717) is 5.92 Å². The molecule has 4 rings (SSSR count). The van der Waals surface area contributed by atoms with E-state index in [1.807, 2.05) is 6.92 Å². The molecular weight excluding hydrogens is 873 g/mol. The van der Waals surface area contributed by atoms with Crippen molar-refractivity contribution in [3.05, 3.63) is 60.2 Å². The fourth-order valence-electron chi connectivity index (χ4n) is 6.86. The molecule has 2 aromatic carbocycles. The minimum Gasteiger partial charge on any atom is -0.488 e. The minimum atomic E-state index is -8.02. The summed E-state index contributed by atoms with van der Waals surface area (Å²) < 4.78 is 231. The molecule has 61 heavy (non-hydrogen) atoms. The molecule has 1 aromatic heterocycles. The second kappa shape index (κ2) is 18.9. The summed E-state index contributed by atoms with van der Waals surface area (Å²) in [7, 11) is -1.55. The third kappa shape index (κ3) is 10.4. The van der Waals surface area contributed by atoms with Gasteiger partial charge in [-0.05, 0) is 35.7 Å². The summed E-state index contributed by atoms with van der Waals surface area (Å²) in [5, 5.41) is 0. The molecule has 0 aliphatic carbocycles. The number of hydrogen-bond donors (Lipinski definition) is 0. The fourth-order valence-corrected chi connectivity index (χ4v) is 8.89. The van der Waals surface area contributed by atoms with E-state index < -0.39 is 80.7 Å². The Hall–Kier alpha value is -3.78. The Morgan fingerprint density at radius 3 is 1.79 bits per heavy atom. The SMILES string of the molecule is CCCCCC(C)CCCCCCC(C)[SiH2]C1Oc2ccc(-c3ncc(-c4ccc(OCC(F)(F)C(F)(F)C(F)(F)C(F)(F)C(F)(F)C(F)(F)F)cc4)cn3)c(F)c2C1(F)F. The molecule has 0 saturated heterocycles. The first kappa shape index (κ1) is 49.9. The highest BCUT2D eigenvalue weighted by Gasteiger charge is 2.90. The van der Waals surface area contributed by atoms with Crippen LogP contribution in [0.2, 0.25) is 5.54 Å². The lowest BCUT2D eigenvalue weighted by atomic mass is 9.94. The standard InChI is InChI=1S/C40H44F16N2O2Si/c1-4-5-8-11-23(2)12-9-6-7-10-13-24(3)61-33-35(44,45)30-29(60-33)19-18-28(31(30)41)32-57-20-26(21-58-32)25-14-16-27(17-15-25)59-22-34(42,43)36(46,47)37(48,49)38(50,51)39(52,53)40(54,55)56/h14-21,23-24,33H,4-13,22,61H2,1-3H3. The van der Waals surface area contributed by atoms with E-state index in [4.69, 9.17) is 4.74 Å². The van der Waals surface area contributed by atoms with E-state index in [-0.39, 0.29) is 33.8 Å². The Morgan fingerprint density at radius 1 is 0.689 bits per heavy atom. The first-order chi connectivity index (χ1) is 28.1. The van der Waals surface area contributed by atoms with Crippen LogP contribution in [0.25, 0.3) is 22.5 Å². The fraction of sp³-hybridized carbons (Fsp3) is 0.600. The predicted molar refractivity (Wildman–Crippen MR) is 196 cm³/mol. The summed E-state index contributed by atoms with van der Waals surface area (Å²) in [5.74, 6) is -43.4. The van der Waals surface area contributed by atoms with Crippen molar-refractivity contribution in [2.75, 3.05) is 6.61 Å². The Morgan fingerprint density at radius 2 is 1.23 bits per heavy atom. The maximum absolute atomic E-state index is 15.8. The van der Waals surface area contributed by atoms with Gasteiger partial charge in [0, 0.05) is 18.0 Å². The normalized spacial score (nSPS) is 17.4. The number of fused-ring (bicyclic) bond motifs is 1. The maximum Gasteiger partial charge on any atom is 0.460 e. The average Bonchev–Trinajstić information content (AvgIpc) is 3.43. The highest BCUT2D eigenvalue weighted by molar-refractivity contribution is 6.39. The third-order valence-electron chi connectivity index (χ3n) is 10.7. The number of ether oxygens (including phenoxy) is 2. The molecule has 0 bridgehead atoms. The van der Waals surface area contributed by atoms with Gasteiger partial charge in [0.1, 0.15) is 28.6 Å². The van der Waals surface area contributed by atoms with Crippen molar-refractivity contribution in [3.8, 4) is 34.0 Å². The molecule has 342 valence electrons. The summed E-state index contributed by atoms with van der Waals surface area (Å²) in [6.45, 7) is 3.47. The van der Waals surface area contributed by atoms with Crippen LogP contribution in [0.5, 0.6) is 11.5 Å². The molecule has 2 heterocycles. The molecule has 3 aromatic rings. The molecule has 0 N–H and O–H groups in total. The molecule has 21 heteroatoms. The number of aromatic nitrogens is 2. The van der Waals surface area contributed by atoms with Crippen LogP contribution in [0.4, 0.5) is 70.2 Å². The molecule has 3 atom stereocenters. The number of hydrogen-bond acceptors (Lipinski definition) is 4. The Bertz CT molecular complexity index is 1890. The molecule has 1 aliphatic rings. The van der Waals surface area contributed by atoms with Crippen LogP contribution in [-0.4, -0.2) is 67.6 Å². The zero-order valence-electron chi connectivity index (χ0n) is 33.1. The van der Waals surface area contributed by atoms with Crippen molar-refractivity contribution >= 4 is 9.52 Å². The van der Waals surface area contributed by atoms with E-state index in [1.165, 1.54) is 44.2 Å². The minimum absolute atomic E-state index is 0.00897. The Labute approximate surface area is 343 Å². The second-order valence-corrected chi connectivity index (χ2v) is 18.2. The lowest BCUT2D eigenvalue weighted by molar-refractivity contribution is -0.440. The lowest BCUT2D eigenvalue weighted by Crippen LogP contribution is -2.70. The molecule has 0 radical (unpaired) electrons. The van der Waals surface area contributed by atoms with Crippen LogP contribution in [0, 0.1) is 11.7 Å². The lowest BCUT2D eigenvalue weighted by Gasteiger charge is -2.39. The van der Waals surface area contributed by atoms with Crippen molar-refractivity contribution in [2.24, 2.45) is 5.92 Å². The molecule has 0 fully saturated rings. The van der Waals surface area contributed by atoms with Gasteiger partial charge >= 0.3 is 41.7 Å². The molecule has 3 unspecified atom stereocenters. The van der Waals surface area contributed by atoms with Crippen LogP contribution in [0.15, 0.2) is 48.8 Å². The van der Waals surface area contributed by atoms with Gasteiger partial charge in [0.25, 0.3) is 0 Å². The van der Waals surface area contributed by atoms with E-state index in [0.717, 1.165) is 68.8 Å². The first-order valence-corrected chi connectivity index (χ1v) is 21.2. The molecule has 0 amide bonds. The van der Waals surface area contributed by atoms with Gasteiger partial charge in [0.05, 0.1) is 15.1 Å². The number of halogens is 16. The molecule has 1 aliphatic heterocycles. The quantitative estimate of drug-likeness (QED) is 0.0572. The van der Waals surface area contributed by atoms with Crippen LogP contribution in [0.3, 0.4) is 0 Å². The highest BCUT2D eigenvalue weighted by atomic mass is 28.2. The van der Waals surface area contributed by atoms with Gasteiger partial charge in [0.2, 0.25) is 0 Å². The van der Waals surface area contributed by atoms with Crippen LogP contribution >= 0.6 is 0 Å². The number of alkyl halides is 15. The number of unbranched alkanes of at least 4 members (excludes halogenated alkanes) is 5. The zero-order chi connectivity index (χ0) is 45.8. The highest BCUT2D eigenvalue weighted by Crippen LogP contribution is 2.60. The monoisotopic (exact) mass is 916 g/mol. The van der Waals surface area contributed by atoms with Crippen molar-refractivity contribution in [2.45, 2.75) is 138 Å². The summed E-state index contributed by atoms with van der Waals surface area (Å²) >= 11 is 0. The van der Waals surface area contributed by atoms with Gasteiger partial charge in [-0.2, -0.15) is 65.9 Å². The predicted octanol–water partition coefficient (Wildman–Crippen LogP) is 13.4. The maximum atomic E-state index is 15.8. The van der Waals surface area contributed by atoms with Crippen LogP contribution in [-0.2, 0) is 5.92 Å². The van der Waals surface area contributed by atoms with Gasteiger partial charge in [-0.25, -0.2) is 14.4 Å². The number of benzene rings is 2. The Kier molecular flexibility index (Phi) is 15.5. The van der Waals surface area contributed by atoms with E-state index in [2.05, 4.69) is 28.6 Å². The smallest absolute Gasteiger partial charge is 0.460 e. The van der Waals surface area contributed by atoms with Crippen molar-refractivity contribution < 1.29 is 79.7 Å². The van der Waals surface area contributed by atoms with E-state index >= 15 is 13.2 Å². The Balaban J connectivity index is 1.35. The van der Waals surface area contributed by atoms with Gasteiger partial charge in [-0.3, -0.25) is 0 Å². The van der Waals surface area contributed by atoms with E-state index in [9.17, 15) is 57.1 Å². The summed E-state index contributed by atoms with van der Waals surface area (Å²) in [6, 6.07) is 5.97. The molecule has 0 saturated carbocycles.